The van der Waals surface area contributed by atoms with Crippen LogP contribution in [-0.2, 0) is 9.47 Å². The smallest absolute Gasteiger partial charge is 0.0619 e. The maximum atomic E-state index is 9.89. The first-order chi connectivity index (χ1) is 9.82. The minimum Gasteiger partial charge on any atom is -0.394 e. The second kappa shape index (κ2) is 6.73. The number of hydrogen-bond donors (Lipinski definition) is 2. The first-order valence-corrected chi connectivity index (χ1v) is 8.40. The molecule has 0 bridgehead atoms. The summed E-state index contributed by atoms with van der Waals surface area (Å²) >= 11 is 0. The fourth-order valence-electron chi connectivity index (χ4n) is 3.86. The van der Waals surface area contributed by atoms with E-state index in [0.717, 1.165) is 45.5 Å². The summed E-state index contributed by atoms with van der Waals surface area (Å²) in [6.45, 7) is 2.81. The van der Waals surface area contributed by atoms with E-state index in [2.05, 4.69) is 5.32 Å². The summed E-state index contributed by atoms with van der Waals surface area (Å²) in [4.78, 5) is 0. The van der Waals surface area contributed by atoms with Crippen LogP contribution >= 0.6 is 0 Å². The molecule has 1 aliphatic heterocycles. The second-order valence-electron chi connectivity index (χ2n) is 6.79. The highest BCUT2D eigenvalue weighted by atomic mass is 16.5. The van der Waals surface area contributed by atoms with E-state index in [4.69, 9.17) is 9.47 Å². The van der Waals surface area contributed by atoms with Gasteiger partial charge in [0, 0.05) is 31.4 Å². The number of hydrogen-bond acceptors (Lipinski definition) is 4. The van der Waals surface area contributed by atoms with E-state index in [-0.39, 0.29) is 12.1 Å². The van der Waals surface area contributed by atoms with Crippen molar-refractivity contribution in [1.29, 1.82) is 0 Å². The molecule has 3 rings (SSSR count). The number of ether oxygens (including phenoxy) is 2. The fourth-order valence-corrected chi connectivity index (χ4v) is 3.86. The Bertz CT molecular complexity index is 302. The number of aliphatic hydroxyl groups excluding tert-OH is 1. The van der Waals surface area contributed by atoms with Gasteiger partial charge < -0.3 is 19.9 Å². The Morgan fingerprint density at radius 3 is 2.65 bits per heavy atom. The molecule has 2 aliphatic carbocycles. The van der Waals surface area contributed by atoms with Crippen LogP contribution in [-0.4, -0.2) is 49.2 Å². The zero-order valence-corrected chi connectivity index (χ0v) is 12.5. The van der Waals surface area contributed by atoms with E-state index in [1.807, 2.05) is 0 Å². The van der Waals surface area contributed by atoms with Gasteiger partial charge in [-0.1, -0.05) is 6.42 Å². The number of nitrogens with one attached hydrogen (secondary N) is 1. The van der Waals surface area contributed by atoms with E-state index in [1.165, 1.54) is 25.7 Å². The molecule has 2 unspecified atom stereocenters. The van der Waals surface area contributed by atoms with Gasteiger partial charge in [0.05, 0.1) is 12.7 Å². The van der Waals surface area contributed by atoms with Gasteiger partial charge in [-0.15, -0.1) is 0 Å². The first kappa shape index (κ1) is 14.8. The first-order valence-electron chi connectivity index (χ1n) is 8.40. The third-order valence-corrected chi connectivity index (χ3v) is 5.30. The van der Waals surface area contributed by atoms with E-state index in [9.17, 15) is 5.11 Å². The Hall–Kier alpha value is -0.160. The quantitative estimate of drug-likeness (QED) is 0.749. The van der Waals surface area contributed by atoms with Gasteiger partial charge in [0.25, 0.3) is 0 Å². The van der Waals surface area contributed by atoms with Crippen LogP contribution in [0.2, 0.25) is 0 Å². The summed E-state index contributed by atoms with van der Waals surface area (Å²) < 4.78 is 11.4. The van der Waals surface area contributed by atoms with Gasteiger partial charge in [0.2, 0.25) is 0 Å². The lowest BCUT2D eigenvalue weighted by molar-refractivity contribution is -0.0383. The highest BCUT2D eigenvalue weighted by molar-refractivity contribution is 5.02. The van der Waals surface area contributed by atoms with Crippen molar-refractivity contribution in [2.24, 2.45) is 5.92 Å². The van der Waals surface area contributed by atoms with E-state index in [1.54, 1.807) is 0 Å². The lowest BCUT2D eigenvalue weighted by Gasteiger charge is -2.36. The van der Waals surface area contributed by atoms with Crippen LogP contribution in [0.4, 0.5) is 0 Å². The van der Waals surface area contributed by atoms with Crippen molar-refractivity contribution in [1.82, 2.24) is 5.32 Å². The average Bonchev–Trinajstić information content (AvgIpc) is 3.21. The molecule has 1 heterocycles. The summed E-state index contributed by atoms with van der Waals surface area (Å²) in [5.41, 5.74) is -0.0137. The average molecular weight is 283 g/mol. The maximum absolute atomic E-state index is 9.89. The van der Waals surface area contributed by atoms with Crippen LogP contribution in [0.15, 0.2) is 0 Å². The summed E-state index contributed by atoms with van der Waals surface area (Å²) in [5.74, 6) is 0.577. The van der Waals surface area contributed by atoms with Crippen molar-refractivity contribution >= 4 is 0 Å². The highest BCUT2D eigenvalue weighted by Gasteiger charge is 2.44. The Labute approximate surface area is 122 Å². The van der Waals surface area contributed by atoms with Crippen LogP contribution in [0, 0.1) is 5.92 Å². The van der Waals surface area contributed by atoms with Crippen molar-refractivity contribution in [2.75, 3.05) is 26.4 Å². The number of aliphatic hydroxyl groups is 1. The molecule has 0 aromatic heterocycles. The van der Waals surface area contributed by atoms with Crippen LogP contribution in [0.5, 0.6) is 0 Å². The molecule has 4 heteroatoms. The van der Waals surface area contributed by atoms with E-state index >= 15 is 0 Å². The Morgan fingerprint density at radius 2 is 1.95 bits per heavy atom. The van der Waals surface area contributed by atoms with E-state index < -0.39 is 0 Å². The van der Waals surface area contributed by atoms with Crippen LogP contribution < -0.4 is 5.32 Å². The third kappa shape index (κ3) is 3.53. The normalized spacial score (nSPS) is 35.5. The molecule has 2 N–H and O–H groups in total. The molecule has 2 saturated carbocycles. The topological polar surface area (TPSA) is 50.7 Å². The van der Waals surface area contributed by atoms with Gasteiger partial charge in [0.15, 0.2) is 0 Å². The summed E-state index contributed by atoms with van der Waals surface area (Å²) in [6, 6.07) is 0.666. The van der Waals surface area contributed by atoms with Gasteiger partial charge in [-0.25, -0.2) is 0 Å². The van der Waals surface area contributed by atoms with Gasteiger partial charge in [-0.3, -0.25) is 0 Å². The molecule has 0 aromatic rings. The molecule has 0 radical (unpaired) electrons. The second-order valence-corrected chi connectivity index (χ2v) is 6.79. The molecule has 1 saturated heterocycles. The van der Waals surface area contributed by atoms with Crippen molar-refractivity contribution in [3.63, 3.8) is 0 Å². The zero-order valence-electron chi connectivity index (χ0n) is 12.5. The molecule has 0 aromatic carbocycles. The van der Waals surface area contributed by atoms with Gasteiger partial charge in [-0.2, -0.15) is 0 Å². The van der Waals surface area contributed by atoms with E-state index in [0.29, 0.717) is 18.1 Å². The molecule has 116 valence electrons. The Morgan fingerprint density at radius 1 is 1.15 bits per heavy atom. The zero-order chi connectivity index (χ0) is 13.8. The largest absolute Gasteiger partial charge is 0.394 e. The predicted octanol–water partition coefficient (Wildman–Crippen LogP) is 1.86. The van der Waals surface area contributed by atoms with Crippen molar-refractivity contribution in [3.8, 4) is 0 Å². The lowest BCUT2D eigenvalue weighted by Crippen LogP contribution is -2.52. The van der Waals surface area contributed by atoms with Crippen LogP contribution in [0.3, 0.4) is 0 Å². The molecule has 0 amide bonds. The van der Waals surface area contributed by atoms with Gasteiger partial charge >= 0.3 is 0 Å². The number of rotatable bonds is 7. The van der Waals surface area contributed by atoms with Crippen LogP contribution in [0.1, 0.15) is 51.4 Å². The van der Waals surface area contributed by atoms with Crippen molar-refractivity contribution in [2.45, 2.75) is 69.1 Å². The molecule has 2 atom stereocenters. The molecular formula is C16H29NO3. The molecule has 20 heavy (non-hydrogen) atoms. The minimum atomic E-state index is -0.0137. The highest BCUT2D eigenvalue weighted by Crippen LogP contribution is 2.40. The molecular weight excluding hydrogens is 254 g/mol. The van der Waals surface area contributed by atoms with Gasteiger partial charge in [-0.05, 0) is 50.9 Å². The lowest BCUT2D eigenvalue weighted by atomic mass is 9.85. The minimum absolute atomic E-state index is 0.0137. The monoisotopic (exact) mass is 283 g/mol. The fraction of sp³-hybridized carbons (Fsp3) is 1.00. The molecule has 0 spiro atoms. The summed E-state index contributed by atoms with van der Waals surface area (Å²) in [6.07, 6.45) is 9.72. The molecule has 3 aliphatic rings. The standard InChI is InChI=1S/C16H29NO3/c18-12-16(17-14-3-4-14)8-1-2-13(16)5-11-20-15-6-9-19-10-7-15/h13-15,17-18H,1-12H2. The molecule has 3 fully saturated rings. The third-order valence-electron chi connectivity index (χ3n) is 5.30. The SMILES string of the molecule is OCC1(NC2CC2)CCCC1CCOC1CCOCC1. The Balaban J connectivity index is 1.44. The van der Waals surface area contributed by atoms with Crippen LogP contribution in [0.25, 0.3) is 0 Å². The predicted molar refractivity (Wildman–Crippen MR) is 77.7 cm³/mol. The van der Waals surface area contributed by atoms with Crippen molar-refractivity contribution < 1.29 is 14.6 Å². The van der Waals surface area contributed by atoms with Gasteiger partial charge in [0.1, 0.15) is 0 Å². The summed E-state index contributed by atoms with van der Waals surface area (Å²) in [5, 5.41) is 13.6. The summed E-state index contributed by atoms with van der Waals surface area (Å²) in [7, 11) is 0. The van der Waals surface area contributed by atoms with Crippen molar-refractivity contribution in [3.05, 3.63) is 0 Å². The Kier molecular flexibility index (Phi) is 4.97. The molecule has 4 nitrogen and oxygen atoms in total. The maximum Gasteiger partial charge on any atom is 0.0619 e.